The van der Waals surface area contributed by atoms with Crippen LogP contribution >= 0.6 is 0 Å². The largest absolute Gasteiger partial charge is 0.461 e. The first-order valence-corrected chi connectivity index (χ1v) is 9.45. The quantitative estimate of drug-likeness (QED) is 0.446. The summed E-state index contributed by atoms with van der Waals surface area (Å²) in [7, 11) is 0. The minimum Gasteiger partial charge on any atom is -0.461 e. The lowest BCUT2D eigenvalue weighted by molar-refractivity contribution is 0.0517. The molecule has 0 saturated carbocycles. The number of carbonyl (C=O) groups is 1. The van der Waals surface area contributed by atoms with Crippen LogP contribution in [0.2, 0.25) is 0 Å². The van der Waals surface area contributed by atoms with E-state index in [4.69, 9.17) is 4.74 Å². The normalized spacial score (nSPS) is 12.5. The van der Waals surface area contributed by atoms with Gasteiger partial charge in [0.15, 0.2) is 5.69 Å². The number of allylic oxidation sites excluding steroid dienone is 5. The van der Waals surface area contributed by atoms with Gasteiger partial charge in [0.25, 0.3) is 0 Å². The molecule has 0 radical (unpaired) electrons. The fourth-order valence-corrected chi connectivity index (χ4v) is 2.92. The number of benzene rings is 1. The summed E-state index contributed by atoms with van der Waals surface area (Å²) in [5, 5.41) is 4.53. The van der Waals surface area contributed by atoms with E-state index in [9.17, 15) is 9.18 Å². The second-order valence-electron chi connectivity index (χ2n) is 6.53. The molecule has 0 aliphatic carbocycles. The van der Waals surface area contributed by atoms with Crippen molar-refractivity contribution in [2.24, 2.45) is 0 Å². The van der Waals surface area contributed by atoms with E-state index in [1.807, 2.05) is 58.1 Å². The molecule has 148 valence electrons. The summed E-state index contributed by atoms with van der Waals surface area (Å²) in [5.74, 6) is -0.738. The third-order valence-corrected chi connectivity index (χ3v) is 4.20. The van der Waals surface area contributed by atoms with Crippen molar-refractivity contribution < 1.29 is 13.9 Å². The Morgan fingerprint density at radius 3 is 2.43 bits per heavy atom. The standard InChI is InChI=1S/C23H27FN2O2/c1-6-9-17(7-2)10-15-20-21(16(4)5)22(23(27)28-8-3)25-26(20)19-13-11-18(24)12-14-19/h6-7,9-16H,8H2,1-5H3/b9-6-,15-10+,17-7+. The lowest BCUT2D eigenvalue weighted by Gasteiger charge is -2.09. The predicted molar refractivity (Wildman–Crippen MR) is 111 cm³/mol. The fraction of sp³-hybridized carbons (Fsp3) is 0.304. The molecular weight excluding hydrogens is 355 g/mol. The monoisotopic (exact) mass is 382 g/mol. The topological polar surface area (TPSA) is 44.1 Å². The van der Waals surface area contributed by atoms with Gasteiger partial charge in [0.1, 0.15) is 5.82 Å². The molecule has 4 nitrogen and oxygen atoms in total. The van der Waals surface area contributed by atoms with Gasteiger partial charge in [-0.1, -0.05) is 38.2 Å². The average molecular weight is 382 g/mol. The Balaban J connectivity index is 2.71. The highest BCUT2D eigenvalue weighted by Gasteiger charge is 2.25. The van der Waals surface area contributed by atoms with E-state index >= 15 is 0 Å². The molecule has 28 heavy (non-hydrogen) atoms. The first-order valence-electron chi connectivity index (χ1n) is 9.45. The minimum absolute atomic E-state index is 0.0454. The number of aromatic nitrogens is 2. The summed E-state index contributed by atoms with van der Waals surface area (Å²) in [6.45, 7) is 9.97. The van der Waals surface area contributed by atoms with Crippen LogP contribution in [0.5, 0.6) is 0 Å². The van der Waals surface area contributed by atoms with Gasteiger partial charge in [-0.3, -0.25) is 0 Å². The van der Waals surface area contributed by atoms with E-state index in [2.05, 4.69) is 5.10 Å². The summed E-state index contributed by atoms with van der Waals surface area (Å²) in [5.41, 5.74) is 3.56. The molecule has 5 heteroatoms. The fourth-order valence-electron chi connectivity index (χ4n) is 2.92. The highest BCUT2D eigenvalue weighted by molar-refractivity contribution is 5.90. The van der Waals surface area contributed by atoms with Gasteiger partial charge < -0.3 is 4.74 Å². The predicted octanol–water partition coefficient (Wildman–Crippen LogP) is 5.85. The second kappa shape index (κ2) is 9.83. The molecule has 1 aromatic heterocycles. The molecule has 2 aromatic rings. The Bertz CT molecular complexity index is 903. The maximum atomic E-state index is 13.4. The molecule has 0 unspecified atom stereocenters. The van der Waals surface area contributed by atoms with E-state index in [-0.39, 0.29) is 24.0 Å². The van der Waals surface area contributed by atoms with Gasteiger partial charge >= 0.3 is 5.97 Å². The third kappa shape index (κ3) is 4.85. The maximum Gasteiger partial charge on any atom is 0.359 e. The van der Waals surface area contributed by atoms with Gasteiger partial charge in [0.05, 0.1) is 18.0 Å². The van der Waals surface area contributed by atoms with E-state index in [1.54, 1.807) is 23.7 Å². The van der Waals surface area contributed by atoms with Crippen LogP contribution in [0.4, 0.5) is 4.39 Å². The van der Waals surface area contributed by atoms with Crippen molar-refractivity contribution in [3.63, 3.8) is 0 Å². The minimum atomic E-state index is -0.457. The number of nitrogens with zero attached hydrogens (tertiary/aromatic N) is 2. The highest BCUT2D eigenvalue weighted by atomic mass is 19.1. The number of esters is 1. The molecule has 0 aliphatic heterocycles. The van der Waals surface area contributed by atoms with E-state index < -0.39 is 5.97 Å². The highest BCUT2D eigenvalue weighted by Crippen LogP contribution is 2.28. The Labute approximate surface area is 166 Å². The molecule has 2 rings (SSSR count). The van der Waals surface area contributed by atoms with Crippen LogP contribution in [0.15, 0.2) is 54.1 Å². The zero-order valence-electron chi connectivity index (χ0n) is 17.1. The van der Waals surface area contributed by atoms with Crippen LogP contribution in [-0.2, 0) is 4.74 Å². The van der Waals surface area contributed by atoms with Gasteiger partial charge in [-0.05, 0) is 62.6 Å². The molecule has 0 N–H and O–H groups in total. The molecular formula is C23H27FN2O2. The molecule has 0 atom stereocenters. The second-order valence-corrected chi connectivity index (χ2v) is 6.53. The maximum absolute atomic E-state index is 13.4. The van der Waals surface area contributed by atoms with Gasteiger partial charge in [0, 0.05) is 5.56 Å². The smallest absolute Gasteiger partial charge is 0.359 e. The Morgan fingerprint density at radius 2 is 1.89 bits per heavy atom. The summed E-state index contributed by atoms with van der Waals surface area (Å²) >= 11 is 0. The van der Waals surface area contributed by atoms with Crippen molar-refractivity contribution in [1.29, 1.82) is 0 Å². The summed E-state index contributed by atoms with van der Waals surface area (Å²) in [4.78, 5) is 12.5. The van der Waals surface area contributed by atoms with Crippen LogP contribution < -0.4 is 0 Å². The molecule has 0 bridgehead atoms. The number of carbonyl (C=O) groups excluding carboxylic acids is 1. The first-order chi connectivity index (χ1) is 13.4. The van der Waals surface area contributed by atoms with Crippen molar-refractivity contribution in [3.05, 3.63) is 76.9 Å². The average Bonchev–Trinajstić information content (AvgIpc) is 3.05. The van der Waals surface area contributed by atoms with E-state index in [0.717, 1.165) is 16.8 Å². The molecule has 1 heterocycles. The Hall–Kier alpha value is -2.95. The van der Waals surface area contributed by atoms with E-state index in [0.29, 0.717) is 5.69 Å². The molecule has 0 spiro atoms. The van der Waals surface area contributed by atoms with Crippen LogP contribution in [0.3, 0.4) is 0 Å². The lowest BCUT2D eigenvalue weighted by atomic mass is 9.99. The van der Waals surface area contributed by atoms with Crippen molar-refractivity contribution >= 4 is 12.0 Å². The Kier molecular flexibility index (Phi) is 7.50. The van der Waals surface area contributed by atoms with Crippen molar-refractivity contribution in [2.75, 3.05) is 6.61 Å². The van der Waals surface area contributed by atoms with Crippen molar-refractivity contribution in [3.8, 4) is 5.69 Å². The third-order valence-electron chi connectivity index (χ3n) is 4.20. The summed E-state index contributed by atoms with van der Waals surface area (Å²) in [6, 6.07) is 6.03. The number of rotatable bonds is 7. The first kappa shape index (κ1) is 21.4. The Morgan fingerprint density at radius 1 is 1.21 bits per heavy atom. The van der Waals surface area contributed by atoms with Gasteiger partial charge in [-0.25, -0.2) is 13.9 Å². The van der Waals surface area contributed by atoms with Crippen LogP contribution in [0, 0.1) is 5.82 Å². The van der Waals surface area contributed by atoms with Gasteiger partial charge in [0.2, 0.25) is 0 Å². The molecule has 1 aromatic carbocycles. The number of halogens is 1. The van der Waals surface area contributed by atoms with Gasteiger partial charge in [-0.2, -0.15) is 5.10 Å². The molecule has 0 saturated heterocycles. The number of hydrogen-bond donors (Lipinski definition) is 0. The molecule has 0 aliphatic rings. The van der Waals surface area contributed by atoms with Crippen LogP contribution in [0.1, 0.15) is 62.3 Å². The summed E-state index contributed by atoms with van der Waals surface area (Å²) < 4.78 is 20.3. The SMILES string of the molecule is C\C=C/C(/C=C/c1c(C(C)C)c(C(=O)OCC)nn1-c1ccc(F)cc1)=C\C. The van der Waals surface area contributed by atoms with Crippen LogP contribution in [0.25, 0.3) is 11.8 Å². The summed E-state index contributed by atoms with van der Waals surface area (Å²) in [6.07, 6.45) is 9.86. The lowest BCUT2D eigenvalue weighted by Crippen LogP contribution is -2.09. The van der Waals surface area contributed by atoms with E-state index in [1.165, 1.54) is 12.1 Å². The molecule has 0 fully saturated rings. The number of ether oxygens (including phenoxy) is 1. The van der Waals surface area contributed by atoms with Crippen molar-refractivity contribution in [2.45, 2.75) is 40.5 Å². The van der Waals surface area contributed by atoms with Crippen molar-refractivity contribution in [1.82, 2.24) is 9.78 Å². The zero-order chi connectivity index (χ0) is 20.7. The van der Waals surface area contributed by atoms with Crippen LogP contribution in [-0.4, -0.2) is 22.4 Å². The zero-order valence-corrected chi connectivity index (χ0v) is 17.1. The number of hydrogen-bond acceptors (Lipinski definition) is 3. The van der Waals surface area contributed by atoms with Gasteiger partial charge in [-0.15, -0.1) is 0 Å². The molecule has 0 amide bonds.